The lowest BCUT2D eigenvalue weighted by Crippen LogP contribution is -2.01. The zero-order valence-corrected chi connectivity index (χ0v) is 11.9. The molecule has 0 aliphatic heterocycles. The fourth-order valence-electron chi connectivity index (χ4n) is 2.25. The van der Waals surface area contributed by atoms with Gasteiger partial charge in [-0.15, -0.1) is 0 Å². The highest BCUT2D eigenvalue weighted by molar-refractivity contribution is 5.71. The first kappa shape index (κ1) is 14.1. The highest BCUT2D eigenvalue weighted by atomic mass is 16.5. The van der Waals surface area contributed by atoms with Crippen molar-refractivity contribution in [3.63, 3.8) is 0 Å². The number of ether oxygens (including phenoxy) is 1. The van der Waals surface area contributed by atoms with Gasteiger partial charge in [0, 0.05) is 12.6 Å². The second-order valence-corrected chi connectivity index (χ2v) is 4.60. The number of nitrogens with zero attached hydrogens (tertiary/aromatic N) is 2. The van der Waals surface area contributed by atoms with Crippen LogP contribution in [0.1, 0.15) is 18.2 Å². The summed E-state index contributed by atoms with van der Waals surface area (Å²) in [5.74, 6) is -0.0113. The predicted molar refractivity (Wildman–Crippen MR) is 75.9 cm³/mol. The maximum atomic E-state index is 10.7. The van der Waals surface area contributed by atoms with E-state index in [-0.39, 0.29) is 6.42 Å². The molecule has 0 aliphatic rings. The molecular formula is C15H18N2O3. The van der Waals surface area contributed by atoms with Crippen LogP contribution in [0.3, 0.4) is 0 Å². The van der Waals surface area contributed by atoms with Crippen LogP contribution in [0.25, 0.3) is 11.3 Å². The van der Waals surface area contributed by atoms with Crippen molar-refractivity contribution in [1.29, 1.82) is 0 Å². The Morgan fingerprint density at radius 1 is 1.40 bits per heavy atom. The highest BCUT2D eigenvalue weighted by Gasteiger charge is 2.12. The van der Waals surface area contributed by atoms with Crippen molar-refractivity contribution in [2.24, 2.45) is 7.05 Å². The Bertz CT molecular complexity index is 632. The van der Waals surface area contributed by atoms with E-state index < -0.39 is 5.97 Å². The van der Waals surface area contributed by atoms with Gasteiger partial charge in [0.2, 0.25) is 0 Å². The standard InChI is InChI=1S/C15H18N2O3/c1-4-10-7-11(5-6-14(10)20-3)13-8-12(9-15(18)19)16-17(13)2/h5-8H,4,9H2,1-3H3,(H,18,19). The monoisotopic (exact) mass is 274 g/mol. The molecule has 0 radical (unpaired) electrons. The molecule has 2 rings (SSSR count). The third-order valence-electron chi connectivity index (χ3n) is 3.22. The zero-order chi connectivity index (χ0) is 14.7. The van der Waals surface area contributed by atoms with Crippen LogP contribution in [0.4, 0.5) is 0 Å². The Balaban J connectivity index is 2.41. The number of rotatable bonds is 5. The van der Waals surface area contributed by atoms with E-state index in [9.17, 15) is 4.79 Å². The molecule has 1 aromatic carbocycles. The van der Waals surface area contributed by atoms with Gasteiger partial charge in [0.25, 0.3) is 0 Å². The summed E-state index contributed by atoms with van der Waals surface area (Å²) in [7, 11) is 3.47. The second kappa shape index (κ2) is 5.77. The molecular weight excluding hydrogens is 256 g/mol. The van der Waals surface area contributed by atoms with Crippen LogP contribution in [-0.4, -0.2) is 28.0 Å². The molecule has 0 fully saturated rings. The van der Waals surface area contributed by atoms with Crippen LogP contribution in [0.15, 0.2) is 24.3 Å². The fourth-order valence-corrected chi connectivity index (χ4v) is 2.25. The number of methoxy groups -OCH3 is 1. The van der Waals surface area contributed by atoms with Crippen LogP contribution in [0.2, 0.25) is 0 Å². The third kappa shape index (κ3) is 2.82. The molecule has 2 aromatic rings. The van der Waals surface area contributed by atoms with E-state index in [0.29, 0.717) is 5.69 Å². The lowest BCUT2D eigenvalue weighted by Gasteiger charge is -2.09. The van der Waals surface area contributed by atoms with E-state index in [4.69, 9.17) is 9.84 Å². The van der Waals surface area contributed by atoms with Crippen molar-refractivity contribution >= 4 is 5.97 Å². The maximum absolute atomic E-state index is 10.7. The van der Waals surface area contributed by atoms with Gasteiger partial charge in [0.1, 0.15) is 5.75 Å². The molecule has 1 aromatic heterocycles. The smallest absolute Gasteiger partial charge is 0.309 e. The average Bonchev–Trinajstić information content (AvgIpc) is 2.77. The summed E-state index contributed by atoms with van der Waals surface area (Å²) in [4.78, 5) is 10.7. The zero-order valence-electron chi connectivity index (χ0n) is 11.9. The van der Waals surface area contributed by atoms with Crippen molar-refractivity contribution in [1.82, 2.24) is 9.78 Å². The summed E-state index contributed by atoms with van der Waals surface area (Å²) in [6, 6.07) is 7.76. The Kier molecular flexibility index (Phi) is 4.08. The van der Waals surface area contributed by atoms with Gasteiger partial charge in [-0.05, 0) is 36.2 Å². The molecule has 20 heavy (non-hydrogen) atoms. The van der Waals surface area contributed by atoms with Crippen LogP contribution in [0.5, 0.6) is 5.75 Å². The van der Waals surface area contributed by atoms with E-state index in [1.807, 2.05) is 25.2 Å². The minimum atomic E-state index is -0.876. The first-order valence-corrected chi connectivity index (χ1v) is 6.47. The maximum Gasteiger partial charge on any atom is 0.309 e. The van der Waals surface area contributed by atoms with E-state index in [0.717, 1.165) is 29.0 Å². The van der Waals surface area contributed by atoms with Crippen molar-refractivity contribution in [3.05, 3.63) is 35.5 Å². The molecule has 106 valence electrons. The number of benzene rings is 1. The average molecular weight is 274 g/mol. The number of carbonyl (C=O) groups is 1. The Labute approximate surface area is 117 Å². The van der Waals surface area contributed by atoms with Crippen molar-refractivity contribution < 1.29 is 14.6 Å². The molecule has 1 heterocycles. The first-order valence-electron chi connectivity index (χ1n) is 6.47. The number of carboxylic acids is 1. The SMILES string of the molecule is CCc1cc(-c2cc(CC(=O)O)nn2C)ccc1OC. The minimum Gasteiger partial charge on any atom is -0.496 e. The van der Waals surface area contributed by atoms with Gasteiger partial charge in [0.05, 0.1) is 24.9 Å². The number of aliphatic carboxylic acids is 1. The Morgan fingerprint density at radius 2 is 2.15 bits per heavy atom. The Morgan fingerprint density at radius 3 is 2.75 bits per heavy atom. The topological polar surface area (TPSA) is 64.3 Å². The molecule has 5 heteroatoms. The van der Waals surface area contributed by atoms with Crippen LogP contribution >= 0.6 is 0 Å². The highest BCUT2D eigenvalue weighted by Crippen LogP contribution is 2.27. The summed E-state index contributed by atoms with van der Waals surface area (Å²) in [6.07, 6.45) is 0.807. The molecule has 0 atom stereocenters. The van der Waals surface area contributed by atoms with Gasteiger partial charge < -0.3 is 9.84 Å². The van der Waals surface area contributed by atoms with Gasteiger partial charge in [-0.25, -0.2) is 0 Å². The van der Waals surface area contributed by atoms with Gasteiger partial charge in [-0.3, -0.25) is 9.48 Å². The molecule has 0 bridgehead atoms. The first-order chi connectivity index (χ1) is 9.55. The number of aromatic nitrogens is 2. The number of aryl methyl sites for hydroxylation is 2. The molecule has 0 unspecified atom stereocenters. The fraction of sp³-hybridized carbons (Fsp3) is 0.333. The van der Waals surface area contributed by atoms with Crippen LogP contribution in [-0.2, 0) is 24.7 Å². The van der Waals surface area contributed by atoms with Gasteiger partial charge in [0.15, 0.2) is 0 Å². The largest absolute Gasteiger partial charge is 0.496 e. The quantitative estimate of drug-likeness (QED) is 0.908. The summed E-state index contributed by atoms with van der Waals surface area (Å²) in [5.41, 5.74) is 3.59. The molecule has 0 saturated carbocycles. The normalized spacial score (nSPS) is 10.6. The van der Waals surface area contributed by atoms with Crippen molar-refractivity contribution in [3.8, 4) is 17.0 Å². The number of hydrogen-bond acceptors (Lipinski definition) is 3. The summed E-state index contributed by atoms with van der Waals surface area (Å²) in [6.45, 7) is 2.07. The third-order valence-corrected chi connectivity index (χ3v) is 3.22. The van der Waals surface area contributed by atoms with E-state index in [1.54, 1.807) is 11.8 Å². The molecule has 0 amide bonds. The lowest BCUT2D eigenvalue weighted by molar-refractivity contribution is -0.136. The van der Waals surface area contributed by atoms with Gasteiger partial charge in [-0.1, -0.05) is 6.92 Å². The molecule has 5 nitrogen and oxygen atoms in total. The summed E-state index contributed by atoms with van der Waals surface area (Å²) in [5, 5.41) is 13.1. The van der Waals surface area contributed by atoms with Crippen LogP contribution < -0.4 is 4.74 Å². The second-order valence-electron chi connectivity index (χ2n) is 4.60. The number of hydrogen-bond donors (Lipinski definition) is 1. The molecule has 0 aliphatic carbocycles. The Hall–Kier alpha value is -2.30. The van der Waals surface area contributed by atoms with Crippen molar-refractivity contribution in [2.75, 3.05) is 7.11 Å². The van der Waals surface area contributed by atoms with E-state index >= 15 is 0 Å². The van der Waals surface area contributed by atoms with Gasteiger partial charge >= 0.3 is 5.97 Å². The van der Waals surface area contributed by atoms with Crippen molar-refractivity contribution in [2.45, 2.75) is 19.8 Å². The lowest BCUT2D eigenvalue weighted by atomic mass is 10.0. The molecule has 1 N–H and O–H groups in total. The molecule has 0 spiro atoms. The summed E-state index contributed by atoms with van der Waals surface area (Å²) >= 11 is 0. The minimum absolute atomic E-state index is 0.0649. The van der Waals surface area contributed by atoms with E-state index in [1.165, 1.54) is 0 Å². The number of carboxylic acid groups (broad SMARTS) is 1. The van der Waals surface area contributed by atoms with Gasteiger partial charge in [-0.2, -0.15) is 5.10 Å². The van der Waals surface area contributed by atoms with Crippen LogP contribution in [0, 0.1) is 0 Å². The molecule has 0 saturated heterocycles. The van der Waals surface area contributed by atoms with E-state index in [2.05, 4.69) is 18.1 Å². The predicted octanol–water partition coefficient (Wildman–Crippen LogP) is 2.29. The summed E-state index contributed by atoms with van der Waals surface area (Å²) < 4.78 is 7.02.